The van der Waals surface area contributed by atoms with Crippen LogP contribution in [-0.2, 0) is 11.3 Å². The molecule has 3 aromatic heterocycles. The van der Waals surface area contributed by atoms with Gasteiger partial charge < -0.3 is 9.64 Å². The molecule has 198 valence electrons. The number of amides is 1. The molecule has 39 heavy (non-hydrogen) atoms. The molecule has 1 unspecified atom stereocenters. The highest BCUT2D eigenvalue weighted by molar-refractivity contribution is 6.12. The number of aromatic nitrogens is 5. The van der Waals surface area contributed by atoms with E-state index in [1.165, 1.54) is 27.4 Å². The number of methoxy groups -OCH3 is 1. The molecule has 0 saturated carbocycles. The molecule has 1 atom stereocenters. The van der Waals surface area contributed by atoms with E-state index in [1.807, 2.05) is 0 Å². The fourth-order valence-corrected chi connectivity index (χ4v) is 4.51. The molecule has 11 heteroatoms. The Kier molecular flexibility index (Phi) is 6.82. The van der Waals surface area contributed by atoms with Crippen molar-refractivity contribution in [2.24, 2.45) is 0 Å². The molecule has 0 aliphatic carbocycles. The molecule has 0 bridgehead atoms. The molecule has 1 aliphatic rings. The van der Waals surface area contributed by atoms with Gasteiger partial charge in [0.15, 0.2) is 5.65 Å². The minimum absolute atomic E-state index is 0. The van der Waals surface area contributed by atoms with Crippen molar-refractivity contribution in [2.75, 3.05) is 20.2 Å². The number of Topliss-reactive ketones (excluding diaryl/α,β-unsaturated/α-hetero) is 1. The van der Waals surface area contributed by atoms with E-state index in [2.05, 4.69) is 33.1 Å². The van der Waals surface area contributed by atoms with Crippen LogP contribution in [0.3, 0.4) is 0 Å². The fraction of sp³-hybridized carbons (Fsp3) is 0.286. The van der Waals surface area contributed by atoms with Crippen LogP contribution in [0.25, 0.3) is 16.9 Å². The maximum atomic E-state index is 14.7. The van der Waals surface area contributed by atoms with Crippen molar-refractivity contribution >= 4 is 17.3 Å². The number of ketones is 1. The summed E-state index contributed by atoms with van der Waals surface area (Å²) in [7, 11) is 1.49. The van der Waals surface area contributed by atoms with E-state index in [0.29, 0.717) is 53.2 Å². The summed E-state index contributed by atoms with van der Waals surface area (Å²) in [5, 5.41) is 18.1. The lowest BCUT2D eigenvalue weighted by Gasteiger charge is -2.19. The van der Waals surface area contributed by atoms with E-state index in [9.17, 15) is 19.2 Å². The van der Waals surface area contributed by atoms with Gasteiger partial charge >= 0.3 is 0 Å². The second kappa shape index (κ2) is 10.4. The summed E-state index contributed by atoms with van der Waals surface area (Å²) in [4.78, 5) is 31.6. The van der Waals surface area contributed by atoms with Crippen molar-refractivity contribution in [3.63, 3.8) is 0 Å². The zero-order valence-electron chi connectivity index (χ0n) is 21.4. The number of hydrogen-bond acceptors (Lipinski definition) is 7. The van der Waals surface area contributed by atoms with E-state index in [-0.39, 0.29) is 26.0 Å². The van der Waals surface area contributed by atoms with Crippen molar-refractivity contribution < 1.29 is 20.1 Å². The van der Waals surface area contributed by atoms with Crippen molar-refractivity contribution in [3.8, 4) is 34.9 Å². The second-order valence-electron chi connectivity index (χ2n) is 9.21. The molecule has 10 nitrogen and oxygen atoms in total. The molecule has 1 aliphatic heterocycles. The molecular formula is C28H26FN7O3. The van der Waals surface area contributed by atoms with Crippen LogP contribution in [0.2, 0.25) is 0 Å². The number of nitriles is 1. The third kappa shape index (κ3) is 5.07. The predicted molar refractivity (Wildman–Crippen MR) is 141 cm³/mol. The predicted octanol–water partition coefficient (Wildman–Crippen LogP) is 3.30. The summed E-state index contributed by atoms with van der Waals surface area (Å²) >= 11 is 0. The van der Waals surface area contributed by atoms with Crippen molar-refractivity contribution in [2.45, 2.75) is 32.0 Å². The number of rotatable bonds is 6. The number of carbonyl (C=O) groups excluding carboxylic acids is 2. The highest BCUT2D eigenvalue weighted by atomic mass is 19.1. The van der Waals surface area contributed by atoms with Crippen LogP contribution < -0.4 is 4.74 Å². The number of benzene rings is 1. The average molecular weight is 528 g/mol. The quantitative estimate of drug-likeness (QED) is 0.279. The van der Waals surface area contributed by atoms with E-state index in [4.69, 9.17) is 4.74 Å². The smallest absolute Gasteiger partial charge is 0.244 e. The van der Waals surface area contributed by atoms with E-state index in [1.54, 1.807) is 49.8 Å². The van der Waals surface area contributed by atoms with Crippen LogP contribution in [0.15, 0.2) is 49.1 Å². The topological polar surface area (TPSA) is 118 Å². The Morgan fingerprint density at radius 2 is 2.18 bits per heavy atom. The third-order valence-electron chi connectivity index (χ3n) is 6.77. The Bertz CT molecular complexity index is 1700. The summed E-state index contributed by atoms with van der Waals surface area (Å²) in [5.74, 6) is 5.16. The van der Waals surface area contributed by atoms with Gasteiger partial charge in [-0.05, 0) is 36.6 Å². The normalized spacial score (nSPS) is 16.5. The van der Waals surface area contributed by atoms with Crippen molar-refractivity contribution in [1.29, 1.82) is 5.26 Å². The number of nitrogens with zero attached hydrogens (tertiary/aromatic N) is 7. The minimum Gasteiger partial charge on any atom is -0.496 e. The van der Waals surface area contributed by atoms with Gasteiger partial charge in [-0.25, -0.2) is 13.9 Å². The summed E-state index contributed by atoms with van der Waals surface area (Å²) in [5.41, 5.74) is 0.791. The average Bonchev–Trinajstić information content (AvgIpc) is 3.68. The minimum atomic E-state index is -1.37. The van der Waals surface area contributed by atoms with Gasteiger partial charge in [-0.15, -0.1) is 0 Å². The maximum absolute atomic E-state index is 14.7. The summed E-state index contributed by atoms with van der Waals surface area (Å²) < 4.78 is 23.1. The number of hydrogen-bond donors (Lipinski definition) is 0. The fourth-order valence-electron chi connectivity index (χ4n) is 4.51. The first-order valence-electron chi connectivity index (χ1n) is 12.3. The first-order valence-corrected chi connectivity index (χ1v) is 12.3. The number of carbonyl (C=O) groups is 2. The van der Waals surface area contributed by atoms with Gasteiger partial charge in [-0.1, -0.05) is 12.8 Å². The van der Waals surface area contributed by atoms with E-state index < -0.39 is 11.5 Å². The first kappa shape index (κ1) is 25.6. The number of alkyl halides is 1. The molecule has 1 fully saturated rings. The summed E-state index contributed by atoms with van der Waals surface area (Å²) in [6.07, 6.45) is 6.83. The molecule has 0 radical (unpaired) electrons. The molecule has 4 aromatic rings. The monoisotopic (exact) mass is 527 g/mol. The van der Waals surface area contributed by atoms with Gasteiger partial charge in [0.05, 0.1) is 42.6 Å². The van der Waals surface area contributed by atoms with Crippen LogP contribution >= 0.6 is 0 Å². The highest BCUT2D eigenvalue weighted by Gasteiger charge is 2.38. The number of fused-ring (bicyclic) bond motifs is 1. The van der Waals surface area contributed by atoms with Crippen molar-refractivity contribution in [1.82, 2.24) is 29.3 Å². The lowest BCUT2D eigenvalue weighted by molar-refractivity contribution is -0.131. The van der Waals surface area contributed by atoms with Crippen LogP contribution in [0.1, 0.15) is 42.7 Å². The molecule has 1 amide bonds. The molecule has 0 spiro atoms. The summed E-state index contributed by atoms with van der Waals surface area (Å²) in [6, 6.07) is 8.64. The van der Waals surface area contributed by atoms with Crippen LogP contribution in [0, 0.1) is 23.2 Å². The third-order valence-corrected chi connectivity index (χ3v) is 6.77. The molecular weight excluding hydrogens is 501 g/mol. The molecule has 4 heterocycles. The number of likely N-dealkylation sites (tertiary alicyclic amines) is 1. The van der Waals surface area contributed by atoms with E-state index >= 15 is 0 Å². The van der Waals surface area contributed by atoms with Gasteiger partial charge in [0.25, 0.3) is 0 Å². The lowest BCUT2D eigenvalue weighted by atomic mass is 10.0. The standard InChI is InChI=1S/C28H24FN7O3.H2/c1-3-28(29)9-12-34(18-28)25(38)17-35-16-20(26(33-35)21-13-19(14-30)5-8-24(21)39-2)6-7-23(37)22-15-32-36-11-4-10-31-27(22)36;/h4-5,8,10-11,13,15-16H,3,9,12,17-18H2,1-2H3;1H. The zero-order valence-corrected chi connectivity index (χ0v) is 21.4. The largest absolute Gasteiger partial charge is 0.496 e. The maximum Gasteiger partial charge on any atom is 0.244 e. The molecule has 5 rings (SSSR count). The van der Waals surface area contributed by atoms with Gasteiger partial charge in [-0.2, -0.15) is 15.5 Å². The Morgan fingerprint density at radius 1 is 1.33 bits per heavy atom. The van der Waals surface area contributed by atoms with Crippen LogP contribution in [0.4, 0.5) is 4.39 Å². The van der Waals surface area contributed by atoms with Crippen LogP contribution in [0.5, 0.6) is 5.75 Å². The van der Waals surface area contributed by atoms with Crippen molar-refractivity contribution in [3.05, 3.63) is 65.7 Å². The lowest BCUT2D eigenvalue weighted by Crippen LogP contribution is -2.35. The molecule has 1 aromatic carbocycles. The zero-order chi connectivity index (χ0) is 27.6. The Morgan fingerprint density at radius 3 is 2.92 bits per heavy atom. The van der Waals surface area contributed by atoms with Gasteiger partial charge in [-0.3, -0.25) is 14.3 Å². The van der Waals surface area contributed by atoms with Gasteiger partial charge in [0, 0.05) is 38.5 Å². The Labute approximate surface area is 225 Å². The van der Waals surface area contributed by atoms with Gasteiger partial charge in [0.2, 0.25) is 11.7 Å². The molecule has 1 saturated heterocycles. The SMILES string of the molecule is CCC1(F)CCN(C(=O)Cn2cc(C#CC(=O)c3cnn4cccnc34)c(-c3cc(C#N)ccc3OC)n2)C1.[HH]. The van der Waals surface area contributed by atoms with E-state index in [0.717, 1.165) is 0 Å². The number of ether oxygens (including phenoxy) is 1. The van der Waals surface area contributed by atoms with Gasteiger partial charge in [0.1, 0.15) is 23.7 Å². The second-order valence-corrected chi connectivity index (χ2v) is 9.21. The summed E-state index contributed by atoms with van der Waals surface area (Å²) in [6.45, 7) is 2.01. The Hall–Kier alpha value is -5.03. The number of halogens is 1. The molecule has 0 N–H and O–H groups in total. The first-order chi connectivity index (χ1) is 18.8. The Balaban J connectivity index is 0.00000370. The van der Waals surface area contributed by atoms with Crippen LogP contribution in [-0.4, -0.2) is 66.8 Å². The highest BCUT2D eigenvalue weighted by Crippen LogP contribution is 2.32.